The van der Waals surface area contributed by atoms with Crippen molar-refractivity contribution in [3.63, 3.8) is 0 Å². The number of nitrogens with one attached hydrogen (secondary N) is 1. The van der Waals surface area contributed by atoms with Crippen molar-refractivity contribution in [3.05, 3.63) is 43.6 Å². The average molecular weight is 365 g/mol. The largest absolute Gasteiger partial charge is 0.437 e. The molecule has 0 bridgehead atoms. The minimum atomic E-state index is -0.267. The predicted molar refractivity (Wildman–Crippen MR) is 83.9 cm³/mol. The smallest absolute Gasteiger partial charge is 0.205 e. The highest BCUT2D eigenvalue weighted by Crippen LogP contribution is 2.45. The average Bonchev–Trinajstić information content (AvgIpc) is 3.05. The third-order valence-corrected chi connectivity index (χ3v) is 5.05. The molecule has 1 aliphatic rings. The fourth-order valence-corrected chi connectivity index (χ4v) is 3.97. The van der Waals surface area contributed by atoms with E-state index in [0.29, 0.717) is 11.3 Å². The lowest BCUT2D eigenvalue weighted by molar-refractivity contribution is 0.389. The number of hydrogen-bond acceptors (Lipinski definition) is 5. The monoisotopic (exact) mass is 364 g/mol. The van der Waals surface area contributed by atoms with Crippen molar-refractivity contribution in [2.75, 3.05) is 0 Å². The predicted octanol–water partition coefficient (Wildman–Crippen LogP) is 3.40. The lowest BCUT2D eigenvalue weighted by atomic mass is 9.92. The third kappa shape index (κ3) is 2.34. The van der Waals surface area contributed by atoms with E-state index in [1.165, 1.54) is 0 Å². The van der Waals surface area contributed by atoms with Gasteiger partial charge in [0.25, 0.3) is 0 Å². The van der Waals surface area contributed by atoms with Crippen LogP contribution < -0.4 is 10.5 Å². The van der Waals surface area contributed by atoms with Crippen LogP contribution >= 0.6 is 27.3 Å². The molecule has 2 aromatic rings. The fourth-order valence-electron chi connectivity index (χ4n) is 2.44. The number of fused-ring (bicyclic) bond motifs is 1. The lowest BCUT2D eigenvalue weighted by Gasteiger charge is -2.21. The normalized spacial score (nSPS) is 17.3. The molecule has 1 atom stereocenters. The Morgan fingerprint density at radius 1 is 1.57 bits per heavy atom. The molecule has 0 saturated heterocycles. The second-order valence-electron chi connectivity index (χ2n) is 4.73. The van der Waals surface area contributed by atoms with E-state index in [1.54, 1.807) is 11.3 Å². The van der Waals surface area contributed by atoms with Crippen LogP contribution in [0.25, 0.3) is 0 Å². The Hall–Kier alpha value is -1.78. The summed E-state index contributed by atoms with van der Waals surface area (Å²) in [7, 11) is 0. The zero-order valence-corrected chi connectivity index (χ0v) is 13.7. The number of nitriles is 1. The Labute approximate surface area is 134 Å². The fraction of sp³-hybridized carbons (Fsp3) is 0.286. The summed E-state index contributed by atoms with van der Waals surface area (Å²) in [4.78, 5) is 1.01. The van der Waals surface area contributed by atoms with Gasteiger partial charge in [-0.1, -0.05) is 13.3 Å². The molecule has 3 N–H and O–H groups in total. The number of allylic oxidation sites excluding steroid dienone is 1. The zero-order chi connectivity index (χ0) is 15.0. The highest BCUT2D eigenvalue weighted by atomic mass is 79.9. The van der Waals surface area contributed by atoms with E-state index in [2.05, 4.69) is 39.1 Å². The Bertz CT molecular complexity index is 755. The van der Waals surface area contributed by atoms with Crippen molar-refractivity contribution in [2.45, 2.75) is 25.7 Å². The van der Waals surface area contributed by atoms with Crippen molar-refractivity contribution >= 4 is 27.3 Å². The minimum Gasteiger partial charge on any atom is -0.437 e. The number of halogens is 1. The van der Waals surface area contributed by atoms with Gasteiger partial charge in [-0.05, 0) is 34.5 Å². The third-order valence-electron chi connectivity index (χ3n) is 3.36. The topological polar surface area (TPSA) is 87.7 Å². The Morgan fingerprint density at radius 3 is 3.00 bits per heavy atom. The number of nitrogens with zero attached hydrogens (tertiary/aromatic N) is 2. The van der Waals surface area contributed by atoms with Crippen molar-refractivity contribution in [2.24, 2.45) is 5.73 Å². The van der Waals surface area contributed by atoms with Gasteiger partial charge >= 0.3 is 0 Å². The molecule has 3 heterocycles. The van der Waals surface area contributed by atoms with Gasteiger partial charge in [-0.2, -0.15) is 10.4 Å². The number of H-pyrrole nitrogens is 1. The van der Waals surface area contributed by atoms with E-state index in [1.807, 2.05) is 12.1 Å². The summed E-state index contributed by atoms with van der Waals surface area (Å²) in [6, 6.07) is 6.10. The molecule has 0 radical (unpaired) electrons. The molecule has 21 heavy (non-hydrogen) atoms. The first-order valence-corrected chi connectivity index (χ1v) is 8.16. The Kier molecular flexibility index (Phi) is 3.74. The number of thiophene rings is 1. The molecule has 1 unspecified atom stereocenters. The number of nitrogens with two attached hydrogens (primary N) is 1. The molecular formula is C14H13BrN4OS. The first kappa shape index (κ1) is 14.2. The van der Waals surface area contributed by atoms with Crippen LogP contribution in [0.15, 0.2) is 27.4 Å². The summed E-state index contributed by atoms with van der Waals surface area (Å²) in [5, 5.41) is 16.8. The van der Waals surface area contributed by atoms with Gasteiger partial charge in [0.05, 0.1) is 15.4 Å². The maximum absolute atomic E-state index is 9.42. The summed E-state index contributed by atoms with van der Waals surface area (Å²) in [5.74, 6) is 0.568. The van der Waals surface area contributed by atoms with Gasteiger partial charge in [-0.15, -0.1) is 11.3 Å². The molecule has 0 aliphatic carbocycles. The molecule has 5 nitrogen and oxygen atoms in total. The lowest BCUT2D eigenvalue weighted by Crippen LogP contribution is -2.20. The summed E-state index contributed by atoms with van der Waals surface area (Å²) in [6.07, 6.45) is 1.81. The highest BCUT2D eigenvalue weighted by Gasteiger charge is 2.35. The van der Waals surface area contributed by atoms with Crippen LogP contribution in [-0.2, 0) is 6.42 Å². The summed E-state index contributed by atoms with van der Waals surface area (Å²) in [6.45, 7) is 2.09. The molecule has 0 amide bonds. The van der Waals surface area contributed by atoms with Crippen molar-refractivity contribution in [3.8, 4) is 11.8 Å². The Morgan fingerprint density at radius 2 is 2.38 bits per heavy atom. The van der Waals surface area contributed by atoms with Crippen molar-refractivity contribution in [1.29, 1.82) is 5.26 Å². The van der Waals surface area contributed by atoms with Crippen LogP contribution in [0, 0.1) is 11.3 Å². The van der Waals surface area contributed by atoms with E-state index in [-0.39, 0.29) is 11.8 Å². The van der Waals surface area contributed by atoms with Crippen LogP contribution in [0.4, 0.5) is 0 Å². The number of aromatic amines is 1. The number of rotatable bonds is 3. The Balaban J connectivity index is 2.15. The van der Waals surface area contributed by atoms with Crippen LogP contribution in [0.5, 0.6) is 5.75 Å². The molecule has 3 rings (SSSR count). The molecule has 7 heteroatoms. The minimum absolute atomic E-state index is 0.165. The first-order chi connectivity index (χ1) is 10.2. The van der Waals surface area contributed by atoms with Crippen LogP contribution in [-0.4, -0.2) is 10.2 Å². The number of aromatic nitrogens is 2. The van der Waals surface area contributed by atoms with E-state index in [0.717, 1.165) is 32.9 Å². The van der Waals surface area contributed by atoms with E-state index in [9.17, 15) is 5.26 Å². The molecule has 1 aliphatic heterocycles. The molecule has 108 valence electrons. The van der Waals surface area contributed by atoms with E-state index in [4.69, 9.17) is 10.5 Å². The second-order valence-corrected chi connectivity index (χ2v) is 7.23. The van der Waals surface area contributed by atoms with Gasteiger partial charge in [0.15, 0.2) is 5.75 Å². The second kappa shape index (κ2) is 5.54. The maximum atomic E-state index is 9.42. The SMILES string of the molecule is CCCc1[nH]nc2c1OC(N)=C(C#N)C2c1ccc(Br)s1. The maximum Gasteiger partial charge on any atom is 0.205 e. The van der Waals surface area contributed by atoms with Gasteiger partial charge < -0.3 is 10.5 Å². The summed E-state index contributed by atoms with van der Waals surface area (Å²) < 4.78 is 6.66. The molecule has 0 spiro atoms. The van der Waals surface area contributed by atoms with E-state index >= 15 is 0 Å². The molecule has 0 aromatic carbocycles. The molecule has 2 aromatic heterocycles. The van der Waals surface area contributed by atoms with Gasteiger partial charge in [-0.3, -0.25) is 5.10 Å². The molecule has 0 fully saturated rings. The summed E-state index contributed by atoms with van der Waals surface area (Å²) >= 11 is 5.02. The number of hydrogen-bond donors (Lipinski definition) is 2. The quantitative estimate of drug-likeness (QED) is 0.873. The summed E-state index contributed by atoms with van der Waals surface area (Å²) in [5.41, 5.74) is 8.02. The van der Waals surface area contributed by atoms with Crippen LogP contribution in [0.3, 0.4) is 0 Å². The van der Waals surface area contributed by atoms with Gasteiger partial charge in [-0.25, -0.2) is 0 Å². The van der Waals surface area contributed by atoms with Crippen molar-refractivity contribution in [1.82, 2.24) is 10.2 Å². The van der Waals surface area contributed by atoms with Gasteiger partial charge in [0.2, 0.25) is 5.88 Å². The zero-order valence-electron chi connectivity index (χ0n) is 11.3. The van der Waals surface area contributed by atoms with E-state index < -0.39 is 0 Å². The first-order valence-electron chi connectivity index (χ1n) is 6.55. The molecule has 0 saturated carbocycles. The number of ether oxygens (including phenoxy) is 1. The molecular weight excluding hydrogens is 352 g/mol. The van der Waals surface area contributed by atoms with Gasteiger partial charge in [0, 0.05) is 4.88 Å². The van der Waals surface area contributed by atoms with Crippen LogP contribution in [0.2, 0.25) is 0 Å². The van der Waals surface area contributed by atoms with Gasteiger partial charge in [0.1, 0.15) is 17.3 Å². The van der Waals surface area contributed by atoms with Crippen LogP contribution in [0.1, 0.15) is 35.5 Å². The van der Waals surface area contributed by atoms with Crippen molar-refractivity contribution < 1.29 is 4.74 Å². The standard InChI is InChI=1S/C14H13BrN4OS/c1-2-3-8-13-12(19-18-8)11(7(6-16)14(17)20-13)9-4-5-10(15)21-9/h4-5,11H,2-3,17H2,1H3,(H,18,19). The highest BCUT2D eigenvalue weighted by molar-refractivity contribution is 9.11. The number of aryl methyl sites for hydroxylation is 1.